The number of nitrogens with zero attached hydrogens (tertiary/aromatic N) is 2. The number of carbonyl (C=O) groups is 2. The van der Waals surface area contributed by atoms with Crippen LogP contribution in [0.2, 0.25) is 10.0 Å². The zero-order valence-corrected chi connectivity index (χ0v) is 25.4. The number of rotatable bonds is 9. The van der Waals surface area contributed by atoms with Crippen molar-refractivity contribution in [2.45, 2.75) is 24.9 Å². The van der Waals surface area contributed by atoms with E-state index in [2.05, 4.69) is 31.8 Å². The second kappa shape index (κ2) is 13.5. The van der Waals surface area contributed by atoms with E-state index in [9.17, 15) is 18.0 Å². The highest BCUT2D eigenvalue weighted by Crippen LogP contribution is 2.27. The summed E-state index contributed by atoms with van der Waals surface area (Å²) >= 11 is 15.6. The standard InChI is InChI=1S/C28H23BrCl2N4O5S/c1-18-2-12-25(13-3-18)41(38,39)35(16-19-4-7-21(30)14-26(19)31)17-24-11-10-23(40-24)15-32-34-28(37)27(36)33-22-8-5-20(29)6-9-22/h2-15H,16-17H2,1H3,(H,33,36)(H,34,37)/b32-15+. The molecule has 1 heterocycles. The van der Waals surface area contributed by atoms with Gasteiger partial charge in [-0.25, -0.2) is 13.8 Å². The number of hydrogen-bond acceptors (Lipinski definition) is 6. The molecule has 2 amide bonds. The quantitative estimate of drug-likeness (QED) is 0.125. The highest BCUT2D eigenvalue weighted by Gasteiger charge is 2.27. The molecule has 0 bridgehead atoms. The lowest BCUT2D eigenvalue weighted by Crippen LogP contribution is -2.32. The van der Waals surface area contributed by atoms with Crippen LogP contribution in [0.5, 0.6) is 0 Å². The molecule has 0 saturated carbocycles. The fourth-order valence-electron chi connectivity index (χ4n) is 3.57. The third-order valence-corrected chi connectivity index (χ3v) is 8.62. The summed E-state index contributed by atoms with van der Waals surface area (Å²) in [6.07, 6.45) is 1.20. The Hall–Kier alpha value is -3.48. The number of hydrogen-bond donors (Lipinski definition) is 2. The van der Waals surface area contributed by atoms with Crippen LogP contribution in [0, 0.1) is 6.92 Å². The van der Waals surface area contributed by atoms with Gasteiger partial charge >= 0.3 is 11.8 Å². The van der Waals surface area contributed by atoms with Crippen molar-refractivity contribution in [1.82, 2.24) is 9.73 Å². The number of furan rings is 1. The molecule has 0 aliphatic carbocycles. The van der Waals surface area contributed by atoms with Gasteiger partial charge in [-0.2, -0.15) is 9.41 Å². The molecule has 2 N–H and O–H groups in total. The fourth-order valence-corrected chi connectivity index (χ4v) is 5.69. The highest BCUT2D eigenvalue weighted by molar-refractivity contribution is 9.10. The van der Waals surface area contributed by atoms with Crippen LogP contribution in [0.15, 0.2) is 97.7 Å². The Bertz CT molecular complexity index is 1690. The molecule has 1 aromatic heterocycles. The predicted molar refractivity (Wildman–Crippen MR) is 161 cm³/mol. The van der Waals surface area contributed by atoms with Crippen LogP contribution in [0.25, 0.3) is 0 Å². The van der Waals surface area contributed by atoms with Crippen molar-refractivity contribution >= 4 is 72.9 Å². The van der Waals surface area contributed by atoms with Gasteiger partial charge in [0.1, 0.15) is 11.5 Å². The maximum atomic E-state index is 13.6. The van der Waals surface area contributed by atoms with Gasteiger partial charge in [0.2, 0.25) is 10.0 Å². The summed E-state index contributed by atoms with van der Waals surface area (Å²) in [7, 11) is -3.95. The first-order valence-electron chi connectivity index (χ1n) is 12.0. The van der Waals surface area contributed by atoms with Crippen LogP contribution in [0.3, 0.4) is 0 Å². The molecule has 4 aromatic rings. The van der Waals surface area contributed by atoms with Gasteiger partial charge in [0.05, 0.1) is 17.7 Å². The van der Waals surface area contributed by atoms with Gasteiger partial charge in [-0.3, -0.25) is 9.59 Å². The highest BCUT2D eigenvalue weighted by atomic mass is 79.9. The van der Waals surface area contributed by atoms with E-state index in [0.29, 0.717) is 27.1 Å². The molecular formula is C28H23BrCl2N4O5S. The Labute approximate surface area is 255 Å². The summed E-state index contributed by atoms with van der Waals surface area (Å²) in [4.78, 5) is 24.3. The molecule has 0 fully saturated rings. The Kier molecular flexibility index (Phi) is 10.0. The summed E-state index contributed by atoms with van der Waals surface area (Å²) < 4.78 is 35.0. The predicted octanol–water partition coefficient (Wildman–Crippen LogP) is 6.14. The van der Waals surface area contributed by atoms with Crippen LogP contribution in [0.4, 0.5) is 5.69 Å². The summed E-state index contributed by atoms with van der Waals surface area (Å²) in [6, 6.07) is 21.2. The number of benzene rings is 3. The number of carbonyl (C=O) groups excluding carboxylic acids is 2. The first-order chi connectivity index (χ1) is 19.5. The van der Waals surface area contributed by atoms with Crippen LogP contribution >= 0.6 is 39.1 Å². The van der Waals surface area contributed by atoms with Crippen molar-refractivity contribution in [3.63, 3.8) is 0 Å². The van der Waals surface area contributed by atoms with Crippen molar-refractivity contribution in [3.05, 3.63) is 116 Å². The molecule has 4 rings (SSSR count). The molecule has 41 heavy (non-hydrogen) atoms. The second-order valence-corrected chi connectivity index (χ2v) is 12.5. The van der Waals surface area contributed by atoms with E-state index in [0.717, 1.165) is 10.0 Å². The number of hydrazone groups is 1. The minimum atomic E-state index is -3.95. The third-order valence-electron chi connectivity index (χ3n) is 5.70. The van der Waals surface area contributed by atoms with E-state index in [1.165, 1.54) is 22.7 Å². The zero-order valence-electron chi connectivity index (χ0n) is 21.5. The molecule has 13 heteroatoms. The number of nitrogens with one attached hydrogen (secondary N) is 2. The lowest BCUT2D eigenvalue weighted by molar-refractivity contribution is -0.136. The maximum absolute atomic E-state index is 13.6. The summed E-state index contributed by atoms with van der Waals surface area (Å²) in [6.45, 7) is 1.70. The Morgan fingerprint density at radius 3 is 2.34 bits per heavy atom. The van der Waals surface area contributed by atoms with Gasteiger partial charge in [-0.05, 0) is 73.2 Å². The monoisotopic (exact) mass is 676 g/mol. The van der Waals surface area contributed by atoms with Gasteiger partial charge in [0.25, 0.3) is 0 Å². The molecule has 9 nitrogen and oxygen atoms in total. The van der Waals surface area contributed by atoms with Gasteiger partial charge in [0, 0.05) is 26.8 Å². The van der Waals surface area contributed by atoms with E-state index in [1.807, 2.05) is 6.92 Å². The fraction of sp³-hybridized carbons (Fsp3) is 0.107. The van der Waals surface area contributed by atoms with E-state index < -0.39 is 21.8 Å². The molecule has 0 saturated heterocycles. The number of sulfonamides is 1. The van der Waals surface area contributed by atoms with E-state index in [-0.39, 0.29) is 23.7 Å². The number of halogens is 3. The molecule has 0 radical (unpaired) electrons. The van der Waals surface area contributed by atoms with Crippen LogP contribution in [-0.2, 0) is 32.7 Å². The first-order valence-corrected chi connectivity index (χ1v) is 15.0. The Morgan fingerprint density at radius 1 is 0.951 bits per heavy atom. The van der Waals surface area contributed by atoms with Gasteiger partial charge in [0.15, 0.2) is 0 Å². The lowest BCUT2D eigenvalue weighted by Gasteiger charge is -2.22. The van der Waals surface area contributed by atoms with Crippen molar-refractivity contribution in [2.24, 2.45) is 5.10 Å². The van der Waals surface area contributed by atoms with Crippen LogP contribution in [0.1, 0.15) is 22.6 Å². The Morgan fingerprint density at radius 2 is 1.66 bits per heavy atom. The molecule has 0 aliphatic heterocycles. The normalized spacial score (nSPS) is 11.6. The van der Waals surface area contributed by atoms with Crippen molar-refractivity contribution in [3.8, 4) is 0 Å². The van der Waals surface area contributed by atoms with Crippen molar-refractivity contribution < 1.29 is 22.4 Å². The van der Waals surface area contributed by atoms with Crippen molar-refractivity contribution in [1.29, 1.82) is 0 Å². The zero-order chi connectivity index (χ0) is 29.6. The topological polar surface area (TPSA) is 121 Å². The molecule has 3 aromatic carbocycles. The largest absolute Gasteiger partial charge is 0.459 e. The van der Waals surface area contributed by atoms with E-state index in [1.54, 1.807) is 66.7 Å². The third kappa shape index (κ3) is 8.27. The van der Waals surface area contributed by atoms with Crippen LogP contribution < -0.4 is 10.7 Å². The Balaban J connectivity index is 1.46. The summed E-state index contributed by atoms with van der Waals surface area (Å²) in [5.74, 6) is -1.34. The molecular weight excluding hydrogens is 655 g/mol. The number of anilines is 1. The molecule has 0 unspecified atom stereocenters. The number of amides is 2. The second-order valence-electron chi connectivity index (χ2n) is 8.79. The molecule has 0 spiro atoms. The van der Waals surface area contributed by atoms with E-state index in [4.69, 9.17) is 27.6 Å². The molecule has 0 atom stereocenters. The average molecular weight is 678 g/mol. The minimum absolute atomic E-state index is 0.0418. The summed E-state index contributed by atoms with van der Waals surface area (Å²) in [5, 5.41) is 6.96. The van der Waals surface area contributed by atoms with Crippen molar-refractivity contribution in [2.75, 3.05) is 5.32 Å². The SMILES string of the molecule is Cc1ccc(S(=O)(=O)N(Cc2ccc(/C=N/NC(=O)C(=O)Nc3ccc(Br)cc3)o2)Cc2ccc(Cl)cc2Cl)cc1. The summed E-state index contributed by atoms with van der Waals surface area (Å²) in [5.41, 5.74) is 4.05. The number of aryl methyl sites for hydroxylation is 1. The van der Waals surface area contributed by atoms with E-state index >= 15 is 0 Å². The van der Waals surface area contributed by atoms with Gasteiger partial charge in [-0.1, -0.05) is 62.9 Å². The first kappa shape index (κ1) is 30.5. The van der Waals surface area contributed by atoms with Gasteiger partial charge in [-0.15, -0.1) is 0 Å². The lowest BCUT2D eigenvalue weighted by atomic mass is 10.2. The van der Waals surface area contributed by atoms with Gasteiger partial charge < -0.3 is 9.73 Å². The minimum Gasteiger partial charge on any atom is -0.459 e. The van der Waals surface area contributed by atoms with Crippen LogP contribution in [-0.4, -0.2) is 30.8 Å². The average Bonchev–Trinajstić information content (AvgIpc) is 3.38. The molecule has 212 valence electrons. The smallest absolute Gasteiger partial charge is 0.329 e. The maximum Gasteiger partial charge on any atom is 0.329 e. The molecule has 0 aliphatic rings.